The third-order valence-corrected chi connectivity index (χ3v) is 3.33. The van der Waals surface area contributed by atoms with E-state index >= 15 is 0 Å². The van der Waals surface area contributed by atoms with Crippen LogP contribution in [-0.4, -0.2) is 74.2 Å². The summed E-state index contributed by atoms with van der Waals surface area (Å²) >= 11 is 0. The Bertz CT molecular complexity index is 368. The number of hydrogen-bond donors (Lipinski definition) is 2. The maximum atomic E-state index is 12.6. The van der Waals surface area contributed by atoms with Crippen molar-refractivity contribution >= 4 is 5.78 Å². The van der Waals surface area contributed by atoms with Crippen molar-refractivity contribution in [1.82, 2.24) is 10.2 Å². The number of Topliss-reactive ketones (excluding diaryl/α,β-unsaturated/α-hetero) is 1. The molecule has 7 nitrogen and oxygen atoms in total. The van der Waals surface area contributed by atoms with Crippen molar-refractivity contribution in [2.75, 3.05) is 40.0 Å². The molecule has 2 fully saturated rings. The summed E-state index contributed by atoms with van der Waals surface area (Å²) in [7, 11) is 1.73. The van der Waals surface area contributed by atoms with Gasteiger partial charge in [-0.15, -0.1) is 0 Å². The smallest absolute Gasteiger partial charge is 0.211 e. The summed E-state index contributed by atoms with van der Waals surface area (Å²) in [4.78, 5) is 14.6. The first kappa shape index (κ1) is 15.2. The van der Waals surface area contributed by atoms with Gasteiger partial charge in [0.25, 0.3) is 0 Å². The van der Waals surface area contributed by atoms with Crippen LogP contribution in [0.25, 0.3) is 0 Å². The van der Waals surface area contributed by atoms with Gasteiger partial charge in [-0.3, -0.25) is 4.79 Å². The third-order valence-electron chi connectivity index (χ3n) is 3.33. The van der Waals surface area contributed by atoms with Gasteiger partial charge < -0.3 is 29.5 Å². The fraction of sp³-hybridized carbons (Fsp3) is 0.769. The van der Waals surface area contributed by atoms with Crippen molar-refractivity contribution < 1.29 is 24.1 Å². The van der Waals surface area contributed by atoms with Crippen molar-refractivity contribution in [2.24, 2.45) is 0 Å². The molecule has 2 saturated heterocycles. The van der Waals surface area contributed by atoms with E-state index in [-0.39, 0.29) is 12.4 Å². The lowest BCUT2D eigenvalue weighted by atomic mass is 10.1. The Morgan fingerprint density at radius 1 is 1.40 bits per heavy atom. The Labute approximate surface area is 118 Å². The van der Waals surface area contributed by atoms with Gasteiger partial charge in [0.15, 0.2) is 12.4 Å². The zero-order valence-electron chi connectivity index (χ0n) is 11.9. The average molecular weight is 286 g/mol. The maximum Gasteiger partial charge on any atom is 0.211 e. The molecule has 2 aliphatic rings. The third kappa shape index (κ3) is 3.49. The van der Waals surface area contributed by atoms with Crippen molar-refractivity contribution in [1.29, 1.82) is 0 Å². The van der Waals surface area contributed by atoms with Crippen LogP contribution in [0.3, 0.4) is 0 Å². The molecule has 7 heteroatoms. The van der Waals surface area contributed by atoms with Gasteiger partial charge in [-0.2, -0.15) is 0 Å². The zero-order chi connectivity index (χ0) is 14.5. The highest BCUT2D eigenvalue weighted by atomic mass is 16.7. The van der Waals surface area contributed by atoms with E-state index in [2.05, 4.69) is 5.32 Å². The molecule has 2 heterocycles. The standard InChI is InChI=1S/C13H22N2O5/c1-9-19-8-11(16)13(20-9)12(17)10(7-14-2)15-3-5-18-6-4-15/h7,9,11,13-14,16H,3-6,8H2,1-2H3/b10-7-/t9-,11-,13-/m1/s1. The first-order chi connectivity index (χ1) is 9.63. The van der Waals surface area contributed by atoms with E-state index < -0.39 is 18.5 Å². The molecule has 0 aromatic heterocycles. The van der Waals surface area contributed by atoms with Crippen molar-refractivity contribution in [3.63, 3.8) is 0 Å². The number of carbonyl (C=O) groups is 1. The van der Waals surface area contributed by atoms with Gasteiger partial charge in [0.2, 0.25) is 5.78 Å². The van der Waals surface area contributed by atoms with Crippen LogP contribution in [0.4, 0.5) is 0 Å². The molecular formula is C13H22N2O5. The lowest BCUT2D eigenvalue weighted by Crippen LogP contribution is -2.50. The molecule has 2 N–H and O–H groups in total. The molecular weight excluding hydrogens is 264 g/mol. The van der Waals surface area contributed by atoms with Crippen LogP contribution >= 0.6 is 0 Å². The molecule has 0 bridgehead atoms. The van der Waals surface area contributed by atoms with Crippen LogP contribution in [0.15, 0.2) is 11.9 Å². The van der Waals surface area contributed by atoms with E-state index in [9.17, 15) is 9.90 Å². The van der Waals surface area contributed by atoms with Gasteiger partial charge in [-0.1, -0.05) is 0 Å². The highest BCUT2D eigenvalue weighted by molar-refractivity contribution is 5.98. The molecule has 0 aromatic carbocycles. The molecule has 0 amide bonds. The predicted molar refractivity (Wildman–Crippen MR) is 70.8 cm³/mol. The van der Waals surface area contributed by atoms with Crippen LogP contribution < -0.4 is 5.32 Å². The van der Waals surface area contributed by atoms with Gasteiger partial charge in [0.1, 0.15) is 6.10 Å². The fourth-order valence-electron chi connectivity index (χ4n) is 2.30. The zero-order valence-corrected chi connectivity index (χ0v) is 11.9. The minimum absolute atomic E-state index is 0.105. The Balaban J connectivity index is 2.11. The number of ketones is 1. The number of nitrogens with one attached hydrogen (secondary N) is 1. The van der Waals surface area contributed by atoms with Crippen molar-refractivity contribution in [3.8, 4) is 0 Å². The minimum Gasteiger partial charge on any atom is -0.392 e. The van der Waals surface area contributed by atoms with Gasteiger partial charge in [0.05, 0.1) is 25.5 Å². The van der Waals surface area contributed by atoms with E-state index in [0.29, 0.717) is 32.0 Å². The summed E-state index contributed by atoms with van der Waals surface area (Å²) < 4.78 is 15.9. The van der Waals surface area contributed by atoms with Crippen LogP contribution in [0.2, 0.25) is 0 Å². The summed E-state index contributed by atoms with van der Waals surface area (Å²) in [5, 5.41) is 12.8. The number of morpholine rings is 1. The molecule has 0 aromatic rings. The summed E-state index contributed by atoms with van der Waals surface area (Å²) in [6.45, 7) is 4.28. The number of nitrogens with zero attached hydrogens (tertiary/aromatic N) is 1. The molecule has 20 heavy (non-hydrogen) atoms. The highest BCUT2D eigenvalue weighted by Gasteiger charge is 2.37. The molecule has 0 radical (unpaired) electrons. The number of aliphatic hydroxyl groups is 1. The Kier molecular flexibility index (Phi) is 5.36. The normalized spacial score (nSPS) is 32.0. The van der Waals surface area contributed by atoms with E-state index in [0.717, 1.165) is 0 Å². The average Bonchev–Trinajstić information content (AvgIpc) is 2.47. The largest absolute Gasteiger partial charge is 0.392 e. The second-order valence-corrected chi connectivity index (χ2v) is 4.81. The maximum absolute atomic E-state index is 12.6. The Morgan fingerprint density at radius 2 is 2.10 bits per heavy atom. The molecule has 2 aliphatic heterocycles. The molecule has 3 atom stereocenters. The Hall–Kier alpha value is -1.15. The SMILES string of the molecule is CN/C=C(/C(=O)[C@@H]1O[C@H](C)OC[C@H]1O)N1CCOCC1. The molecule has 0 aliphatic carbocycles. The second kappa shape index (κ2) is 7.03. The van der Waals surface area contributed by atoms with Crippen LogP contribution in [0.5, 0.6) is 0 Å². The van der Waals surface area contributed by atoms with Crippen molar-refractivity contribution in [3.05, 3.63) is 11.9 Å². The summed E-state index contributed by atoms with van der Waals surface area (Å²) in [6.07, 6.45) is -0.682. The van der Waals surface area contributed by atoms with E-state index in [1.54, 1.807) is 20.2 Å². The molecule has 0 unspecified atom stereocenters. The van der Waals surface area contributed by atoms with E-state index in [1.165, 1.54) is 0 Å². The van der Waals surface area contributed by atoms with Crippen LogP contribution in [0.1, 0.15) is 6.92 Å². The van der Waals surface area contributed by atoms with Gasteiger partial charge in [-0.25, -0.2) is 0 Å². The molecule has 0 saturated carbocycles. The number of aliphatic hydroxyl groups excluding tert-OH is 1. The minimum atomic E-state index is -0.944. The van der Waals surface area contributed by atoms with Crippen LogP contribution in [-0.2, 0) is 19.0 Å². The van der Waals surface area contributed by atoms with E-state index in [4.69, 9.17) is 14.2 Å². The van der Waals surface area contributed by atoms with Crippen molar-refractivity contribution in [2.45, 2.75) is 25.4 Å². The quantitative estimate of drug-likeness (QED) is 0.646. The number of ether oxygens (including phenoxy) is 3. The first-order valence-corrected chi connectivity index (χ1v) is 6.83. The topological polar surface area (TPSA) is 80.3 Å². The van der Waals surface area contributed by atoms with E-state index in [1.807, 2.05) is 4.90 Å². The first-order valence-electron chi connectivity index (χ1n) is 6.83. The molecule has 2 rings (SSSR count). The van der Waals surface area contributed by atoms with Gasteiger partial charge in [-0.05, 0) is 6.92 Å². The fourth-order valence-corrected chi connectivity index (χ4v) is 2.30. The Morgan fingerprint density at radius 3 is 2.75 bits per heavy atom. The van der Waals surface area contributed by atoms with Gasteiger partial charge in [0, 0.05) is 26.3 Å². The predicted octanol–water partition coefficient (Wildman–Crippen LogP) is -0.929. The monoisotopic (exact) mass is 286 g/mol. The summed E-state index contributed by atoms with van der Waals surface area (Å²) in [5.41, 5.74) is 0.508. The lowest BCUT2D eigenvalue weighted by Gasteiger charge is -2.35. The summed E-state index contributed by atoms with van der Waals surface area (Å²) in [6, 6.07) is 0. The second-order valence-electron chi connectivity index (χ2n) is 4.81. The number of carbonyl (C=O) groups excluding carboxylic acids is 1. The lowest BCUT2D eigenvalue weighted by molar-refractivity contribution is -0.238. The molecule has 114 valence electrons. The number of hydrogen-bond acceptors (Lipinski definition) is 7. The van der Waals surface area contributed by atoms with Crippen LogP contribution in [0, 0.1) is 0 Å². The molecule has 0 spiro atoms. The van der Waals surface area contributed by atoms with Gasteiger partial charge >= 0.3 is 0 Å². The summed E-state index contributed by atoms with van der Waals surface area (Å²) in [5.74, 6) is -0.232. The number of rotatable bonds is 4. The highest BCUT2D eigenvalue weighted by Crippen LogP contribution is 2.19.